The van der Waals surface area contributed by atoms with Crippen molar-refractivity contribution in [3.8, 4) is 5.75 Å². The van der Waals surface area contributed by atoms with Gasteiger partial charge in [0, 0.05) is 23.0 Å². The first-order chi connectivity index (χ1) is 13.5. The van der Waals surface area contributed by atoms with E-state index in [0.29, 0.717) is 28.2 Å². The zero-order valence-corrected chi connectivity index (χ0v) is 15.0. The molecule has 0 unspecified atom stereocenters. The predicted molar refractivity (Wildman–Crippen MR) is 105 cm³/mol. The molecule has 0 atom stereocenters. The van der Waals surface area contributed by atoms with Crippen molar-refractivity contribution in [2.75, 3.05) is 7.11 Å². The smallest absolute Gasteiger partial charge is 0.298 e. The van der Waals surface area contributed by atoms with Gasteiger partial charge in [0.05, 0.1) is 18.2 Å². The normalized spacial score (nSPS) is 11.5. The molecule has 140 valence electrons. The number of fused-ring (bicyclic) bond motifs is 3. The largest absolute Gasteiger partial charge is 0.497 e. The number of nitro benzene ring substituents is 1. The standard InChI is InChI=1S/C19H15N5O4/c1-11-21-17-15-9-14(28-2)7-8-16(15)22-18(17)19(25)23(11)20-10-12-3-5-13(6-4-12)24(26)27/h3-10,22H,1-2H3/b20-10-. The highest BCUT2D eigenvalue weighted by Crippen LogP contribution is 2.26. The Bertz CT molecular complexity index is 1300. The molecule has 0 aliphatic rings. The average molecular weight is 377 g/mol. The van der Waals surface area contributed by atoms with Crippen molar-refractivity contribution in [3.63, 3.8) is 0 Å². The van der Waals surface area contributed by atoms with E-state index in [1.54, 1.807) is 32.2 Å². The van der Waals surface area contributed by atoms with E-state index in [1.165, 1.54) is 23.0 Å². The number of nitro groups is 1. The fourth-order valence-corrected chi connectivity index (χ4v) is 2.96. The number of H-pyrrole nitrogens is 1. The molecule has 1 N–H and O–H groups in total. The van der Waals surface area contributed by atoms with Crippen molar-refractivity contribution in [1.29, 1.82) is 0 Å². The number of nitrogens with zero attached hydrogens (tertiary/aromatic N) is 4. The number of non-ortho nitro benzene ring substituents is 1. The number of rotatable bonds is 4. The van der Waals surface area contributed by atoms with E-state index in [0.717, 1.165) is 10.9 Å². The molecule has 0 saturated heterocycles. The van der Waals surface area contributed by atoms with Crippen LogP contribution in [0.4, 0.5) is 5.69 Å². The van der Waals surface area contributed by atoms with E-state index < -0.39 is 4.92 Å². The Morgan fingerprint density at radius 2 is 2.00 bits per heavy atom. The molecule has 2 heterocycles. The minimum Gasteiger partial charge on any atom is -0.497 e. The number of aryl methyl sites for hydroxylation is 1. The summed E-state index contributed by atoms with van der Waals surface area (Å²) in [5.74, 6) is 1.09. The number of ether oxygens (including phenoxy) is 1. The van der Waals surface area contributed by atoms with Crippen molar-refractivity contribution < 1.29 is 9.66 Å². The molecule has 9 nitrogen and oxygen atoms in total. The van der Waals surface area contributed by atoms with Gasteiger partial charge in [0.15, 0.2) is 0 Å². The first-order valence-corrected chi connectivity index (χ1v) is 8.36. The van der Waals surface area contributed by atoms with Crippen LogP contribution in [-0.4, -0.2) is 32.9 Å². The summed E-state index contributed by atoms with van der Waals surface area (Å²) in [6, 6.07) is 11.3. The zero-order chi connectivity index (χ0) is 19.8. The van der Waals surface area contributed by atoms with Gasteiger partial charge in [0.25, 0.3) is 11.2 Å². The van der Waals surface area contributed by atoms with Crippen LogP contribution < -0.4 is 10.3 Å². The van der Waals surface area contributed by atoms with Crippen LogP contribution in [-0.2, 0) is 0 Å². The Hall–Kier alpha value is -4.01. The Labute approximate surface area is 158 Å². The molecular weight excluding hydrogens is 362 g/mol. The molecule has 4 rings (SSSR count). The summed E-state index contributed by atoms with van der Waals surface area (Å²) in [6.07, 6.45) is 1.46. The van der Waals surface area contributed by atoms with Crippen molar-refractivity contribution in [3.05, 3.63) is 74.3 Å². The van der Waals surface area contributed by atoms with Gasteiger partial charge >= 0.3 is 0 Å². The van der Waals surface area contributed by atoms with E-state index in [9.17, 15) is 14.9 Å². The van der Waals surface area contributed by atoms with Crippen LogP contribution in [0, 0.1) is 17.0 Å². The van der Waals surface area contributed by atoms with Gasteiger partial charge in [-0.1, -0.05) is 0 Å². The van der Waals surface area contributed by atoms with E-state index >= 15 is 0 Å². The number of hydrogen-bond donors (Lipinski definition) is 1. The zero-order valence-electron chi connectivity index (χ0n) is 15.0. The lowest BCUT2D eigenvalue weighted by Crippen LogP contribution is -2.20. The molecule has 0 aliphatic heterocycles. The summed E-state index contributed by atoms with van der Waals surface area (Å²) in [6.45, 7) is 1.69. The van der Waals surface area contributed by atoms with Crippen LogP contribution in [0.25, 0.3) is 21.9 Å². The van der Waals surface area contributed by atoms with Crippen LogP contribution in [0.2, 0.25) is 0 Å². The van der Waals surface area contributed by atoms with Crippen LogP contribution in [0.1, 0.15) is 11.4 Å². The Morgan fingerprint density at radius 3 is 2.68 bits per heavy atom. The number of aromatic amines is 1. The third-order valence-corrected chi connectivity index (χ3v) is 4.39. The Morgan fingerprint density at radius 1 is 1.25 bits per heavy atom. The van der Waals surface area contributed by atoms with Gasteiger partial charge in [-0.15, -0.1) is 0 Å². The highest BCUT2D eigenvalue weighted by molar-refractivity contribution is 6.05. The van der Waals surface area contributed by atoms with Gasteiger partial charge in [-0.25, -0.2) is 4.98 Å². The number of nitrogens with one attached hydrogen (secondary N) is 1. The average Bonchev–Trinajstić information content (AvgIpc) is 3.06. The van der Waals surface area contributed by atoms with Gasteiger partial charge in [-0.2, -0.15) is 9.78 Å². The van der Waals surface area contributed by atoms with Crippen molar-refractivity contribution >= 4 is 33.8 Å². The molecule has 0 bridgehead atoms. The highest BCUT2D eigenvalue weighted by atomic mass is 16.6. The molecule has 0 amide bonds. The Balaban J connectivity index is 1.80. The lowest BCUT2D eigenvalue weighted by Gasteiger charge is -2.03. The summed E-state index contributed by atoms with van der Waals surface area (Å²) in [5, 5.41) is 15.7. The lowest BCUT2D eigenvalue weighted by molar-refractivity contribution is -0.384. The second-order valence-corrected chi connectivity index (χ2v) is 6.13. The molecule has 0 fully saturated rings. The summed E-state index contributed by atoms with van der Waals surface area (Å²) >= 11 is 0. The molecular formula is C19H15N5O4. The molecule has 0 spiro atoms. The van der Waals surface area contributed by atoms with Gasteiger partial charge in [-0.05, 0) is 42.8 Å². The first-order valence-electron chi connectivity index (χ1n) is 8.36. The molecule has 2 aromatic carbocycles. The third kappa shape index (κ3) is 2.88. The minimum absolute atomic E-state index is 0.0120. The number of aromatic nitrogens is 3. The lowest BCUT2D eigenvalue weighted by atomic mass is 10.2. The third-order valence-electron chi connectivity index (χ3n) is 4.39. The van der Waals surface area contributed by atoms with Gasteiger partial charge in [0.2, 0.25) is 0 Å². The van der Waals surface area contributed by atoms with Gasteiger partial charge in [-0.3, -0.25) is 14.9 Å². The number of methoxy groups -OCH3 is 1. The van der Waals surface area contributed by atoms with Crippen molar-refractivity contribution in [2.45, 2.75) is 6.92 Å². The second kappa shape index (κ2) is 6.62. The summed E-state index contributed by atoms with van der Waals surface area (Å²) in [4.78, 5) is 30.8. The fraction of sp³-hybridized carbons (Fsp3) is 0.105. The maximum Gasteiger partial charge on any atom is 0.298 e. The van der Waals surface area contributed by atoms with Crippen molar-refractivity contribution in [2.24, 2.45) is 5.10 Å². The summed E-state index contributed by atoms with van der Waals surface area (Å²) in [5.41, 5.74) is 1.95. The summed E-state index contributed by atoms with van der Waals surface area (Å²) < 4.78 is 6.44. The van der Waals surface area contributed by atoms with E-state index in [-0.39, 0.29) is 11.2 Å². The highest BCUT2D eigenvalue weighted by Gasteiger charge is 2.14. The first kappa shape index (κ1) is 17.4. The molecule has 0 saturated carbocycles. The SMILES string of the molecule is COc1ccc2[nH]c3c(=O)n(/N=C\c4ccc([N+](=O)[O-])cc4)c(C)nc3c2c1. The molecule has 4 aromatic rings. The quantitative estimate of drug-likeness (QED) is 0.333. The second-order valence-electron chi connectivity index (χ2n) is 6.13. The summed E-state index contributed by atoms with van der Waals surface area (Å²) in [7, 11) is 1.58. The molecule has 28 heavy (non-hydrogen) atoms. The Kier molecular flexibility index (Phi) is 4.11. The van der Waals surface area contributed by atoms with Crippen LogP contribution in [0.3, 0.4) is 0 Å². The van der Waals surface area contributed by atoms with Gasteiger partial charge < -0.3 is 9.72 Å². The minimum atomic E-state index is -0.474. The number of benzene rings is 2. The predicted octanol–water partition coefficient (Wildman–Crippen LogP) is 2.99. The maximum atomic E-state index is 12.9. The monoisotopic (exact) mass is 377 g/mol. The van der Waals surface area contributed by atoms with Crippen LogP contribution in [0.5, 0.6) is 5.75 Å². The molecule has 9 heteroatoms. The fourth-order valence-electron chi connectivity index (χ4n) is 2.96. The van der Waals surface area contributed by atoms with E-state index in [2.05, 4.69) is 15.1 Å². The van der Waals surface area contributed by atoms with Gasteiger partial charge in [0.1, 0.15) is 22.6 Å². The molecule has 0 radical (unpaired) electrons. The van der Waals surface area contributed by atoms with E-state index in [1.807, 2.05) is 12.1 Å². The van der Waals surface area contributed by atoms with Crippen LogP contribution in [0.15, 0.2) is 52.4 Å². The van der Waals surface area contributed by atoms with Crippen molar-refractivity contribution in [1.82, 2.24) is 14.6 Å². The van der Waals surface area contributed by atoms with E-state index in [4.69, 9.17) is 4.74 Å². The topological polar surface area (TPSA) is 115 Å². The number of hydrogen-bond acceptors (Lipinski definition) is 6. The molecule has 0 aliphatic carbocycles. The molecule has 2 aromatic heterocycles. The maximum absolute atomic E-state index is 12.9. The van der Waals surface area contributed by atoms with Crippen LogP contribution >= 0.6 is 0 Å².